The van der Waals surface area contributed by atoms with E-state index in [1.807, 2.05) is 72.8 Å². The molecule has 0 unspecified atom stereocenters. The van der Waals surface area contributed by atoms with Crippen molar-refractivity contribution in [1.82, 2.24) is 4.98 Å². The van der Waals surface area contributed by atoms with Gasteiger partial charge in [-0.05, 0) is 60.5 Å². The predicted octanol–water partition coefficient (Wildman–Crippen LogP) is 7.95. The smallest absolute Gasteiger partial charge is 0.326 e. The van der Waals surface area contributed by atoms with Crippen molar-refractivity contribution in [2.24, 2.45) is 0 Å². The summed E-state index contributed by atoms with van der Waals surface area (Å²) >= 11 is 0. The molecule has 0 radical (unpaired) electrons. The van der Waals surface area contributed by atoms with Crippen molar-refractivity contribution in [3.05, 3.63) is 121 Å². The van der Waals surface area contributed by atoms with E-state index in [9.17, 15) is 0 Å². The predicted molar refractivity (Wildman–Crippen MR) is 142 cm³/mol. The molecular formula is C30H26NO2P. The molecule has 0 bridgehead atoms. The molecule has 0 aliphatic carbocycles. The fraction of sp³-hybridized carbons (Fsp3) is 0.100. The van der Waals surface area contributed by atoms with E-state index in [1.165, 1.54) is 5.56 Å². The van der Waals surface area contributed by atoms with Crippen molar-refractivity contribution in [2.75, 3.05) is 0 Å². The van der Waals surface area contributed by atoms with Gasteiger partial charge in [-0.1, -0.05) is 80.1 Å². The molecule has 0 N–H and O–H groups in total. The third-order valence-electron chi connectivity index (χ3n) is 5.56. The summed E-state index contributed by atoms with van der Waals surface area (Å²) in [5.74, 6) is 1.59. The topological polar surface area (TPSA) is 31.4 Å². The Bertz CT molecular complexity index is 1330. The Morgan fingerprint density at radius 1 is 0.676 bits per heavy atom. The lowest BCUT2D eigenvalue weighted by molar-refractivity contribution is 0.502. The highest BCUT2D eigenvalue weighted by atomic mass is 31.2. The average Bonchev–Trinajstić information content (AvgIpc) is 2.89. The molecule has 4 heteroatoms. The zero-order valence-electron chi connectivity index (χ0n) is 19.1. The molecule has 0 saturated heterocycles. The number of hydrogen-bond acceptors (Lipinski definition) is 3. The lowest BCUT2D eigenvalue weighted by Gasteiger charge is -2.20. The molecule has 34 heavy (non-hydrogen) atoms. The molecule has 0 fully saturated rings. The Morgan fingerprint density at radius 3 is 2.00 bits per heavy atom. The summed E-state index contributed by atoms with van der Waals surface area (Å²) in [5.41, 5.74) is 4.41. The van der Waals surface area contributed by atoms with Crippen molar-refractivity contribution in [3.8, 4) is 22.8 Å². The number of fused-ring (bicyclic) bond motifs is 1. The van der Waals surface area contributed by atoms with Crippen LogP contribution in [0.4, 0.5) is 0 Å². The molecule has 0 saturated carbocycles. The van der Waals surface area contributed by atoms with Crippen LogP contribution in [0.1, 0.15) is 18.9 Å². The number of pyridine rings is 1. The van der Waals surface area contributed by atoms with Crippen molar-refractivity contribution in [3.63, 3.8) is 0 Å². The summed E-state index contributed by atoms with van der Waals surface area (Å²) in [4.78, 5) is 4.94. The van der Waals surface area contributed by atoms with E-state index in [1.54, 1.807) is 0 Å². The molecule has 168 valence electrons. The largest absolute Gasteiger partial charge is 0.435 e. The number of rotatable bonds is 8. The maximum Gasteiger partial charge on any atom is 0.326 e. The Labute approximate surface area is 201 Å². The van der Waals surface area contributed by atoms with Crippen LogP contribution in [0.2, 0.25) is 0 Å². The molecule has 3 nitrogen and oxygen atoms in total. The van der Waals surface area contributed by atoms with Gasteiger partial charge < -0.3 is 9.05 Å². The second-order valence-electron chi connectivity index (χ2n) is 8.05. The first-order valence-corrected chi connectivity index (χ1v) is 12.7. The maximum atomic E-state index is 6.37. The Hall–Kier alpha value is -3.68. The lowest BCUT2D eigenvalue weighted by atomic mass is 10.00. The average molecular weight is 464 g/mol. The zero-order chi connectivity index (χ0) is 23.2. The van der Waals surface area contributed by atoms with Crippen LogP contribution >= 0.6 is 8.38 Å². The van der Waals surface area contributed by atoms with Gasteiger partial charge in [0.2, 0.25) is 0 Å². The quantitative estimate of drug-likeness (QED) is 0.219. The highest BCUT2D eigenvalue weighted by molar-refractivity contribution is 7.56. The number of hydrogen-bond donors (Lipinski definition) is 0. The Morgan fingerprint density at radius 2 is 1.32 bits per heavy atom. The van der Waals surface area contributed by atoms with Crippen LogP contribution in [0.25, 0.3) is 22.2 Å². The van der Waals surface area contributed by atoms with Gasteiger partial charge in [0.25, 0.3) is 0 Å². The van der Waals surface area contributed by atoms with E-state index in [-0.39, 0.29) is 0 Å². The van der Waals surface area contributed by atoms with Gasteiger partial charge in [0, 0.05) is 10.9 Å². The number of benzene rings is 4. The van der Waals surface area contributed by atoms with Crippen molar-refractivity contribution in [2.45, 2.75) is 19.8 Å². The standard InChI is InChI=1S/C30H26NO2P/c1-2-11-24-22-27(19-20-28(24)30-21-18-23-12-9-10-17-29(23)31-30)34(32-25-13-5-3-6-14-25)33-26-15-7-4-8-16-26/h3-10,12-22H,2,11H2,1H3. The minimum Gasteiger partial charge on any atom is -0.435 e. The van der Waals surface area contributed by atoms with Gasteiger partial charge in [-0.25, -0.2) is 4.98 Å². The van der Waals surface area contributed by atoms with Crippen LogP contribution in [0.5, 0.6) is 11.5 Å². The lowest BCUT2D eigenvalue weighted by Crippen LogP contribution is -2.12. The van der Waals surface area contributed by atoms with Crippen LogP contribution in [-0.2, 0) is 6.42 Å². The van der Waals surface area contributed by atoms with Gasteiger partial charge in [-0.3, -0.25) is 0 Å². The van der Waals surface area contributed by atoms with Crippen molar-refractivity contribution in [1.29, 1.82) is 0 Å². The van der Waals surface area contributed by atoms with Crippen LogP contribution in [-0.4, -0.2) is 4.98 Å². The SMILES string of the molecule is CCCc1cc(P(Oc2ccccc2)Oc2ccccc2)ccc1-c1ccc2ccccc2n1. The highest BCUT2D eigenvalue weighted by Gasteiger charge is 2.20. The minimum atomic E-state index is -1.37. The monoisotopic (exact) mass is 463 g/mol. The van der Waals surface area contributed by atoms with Crippen LogP contribution < -0.4 is 14.4 Å². The van der Waals surface area contributed by atoms with E-state index >= 15 is 0 Å². The second-order valence-corrected chi connectivity index (χ2v) is 9.44. The van der Waals surface area contributed by atoms with Crippen molar-refractivity contribution >= 4 is 24.6 Å². The first-order chi connectivity index (χ1) is 16.8. The molecule has 5 rings (SSSR count). The molecule has 4 aromatic carbocycles. The normalized spacial score (nSPS) is 11.0. The van der Waals surface area contributed by atoms with Crippen molar-refractivity contribution < 1.29 is 9.05 Å². The highest BCUT2D eigenvalue weighted by Crippen LogP contribution is 2.40. The van der Waals surface area contributed by atoms with Crippen LogP contribution in [0.15, 0.2) is 115 Å². The van der Waals surface area contributed by atoms with E-state index in [0.29, 0.717) is 0 Å². The summed E-state index contributed by atoms with van der Waals surface area (Å²) in [5, 5.41) is 2.19. The van der Waals surface area contributed by atoms with E-state index in [4.69, 9.17) is 14.0 Å². The summed E-state index contributed by atoms with van der Waals surface area (Å²) in [7, 11) is -1.37. The molecule has 1 heterocycles. The van der Waals surface area contributed by atoms with Gasteiger partial charge in [0.1, 0.15) is 11.5 Å². The third-order valence-corrected chi connectivity index (χ3v) is 7.01. The fourth-order valence-corrected chi connectivity index (χ4v) is 5.25. The third kappa shape index (κ3) is 5.11. The second kappa shape index (κ2) is 10.5. The van der Waals surface area contributed by atoms with E-state index < -0.39 is 8.38 Å². The molecule has 1 aromatic heterocycles. The molecule has 0 amide bonds. The maximum absolute atomic E-state index is 6.37. The van der Waals surface area contributed by atoms with E-state index in [0.717, 1.165) is 51.8 Å². The number of para-hydroxylation sites is 3. The zero-order valence-corrected chi connectivity index (χ0v) is 20.0. The number of aryl methyl sites for hydroxylation is 1. The van der Waals surface area contributed by atoms with Gasteiger partial charge in [0.15, 0.2) is 0 Å². The number of aromatic nitrogens is 1. The Balaban J connectivity index is 1.53. The van der Waals surface area contributed by atoms with Gasteiger partial charge in [-0.15, -0.1) is 0 Å². The van der Waals surface area contributed by atoms with Crippen LogP contribution in [0.3, 0.4) is 0 Å². The Kier molecular flexibility index (Phi) is 6.84. The molecule has 0 atom stereocenters. The van der Waals surface area contributed by atoms with Gasteiger partial charge in [-0.2, -0.15) is 0 Å². The molecule has 0 spiro atoms. The first kappa shape index (κ1) is 22.1. The molecule has 0 aliphatic rings. The molecular weight excluding hydrogens is 437 g/mol. The summed E-state index contributed by atoms with van der Waals surface area (Å²) in [6.45, 7) is 2.20. The fourth-order valence-electron chi connectivity index (χ4n) is 3.91. The van der Waals surface area contributed by atoms with E-state index in [2.05, 4.69) is 49.4 Å². The minimum absolute atomic E-state index is 0.793. The number of nitrogens with zero attached hydrogens (tertiary/aromatic N) is 1. The summed E-state index contributed by atoms with van der Waals surface area (Å²) in [6.07, 6.45) is 2.00. The first-order valence-electron chi connectivity index (χ1n) is 11.6. The van der Waals surface area contributed by atoms with Gasteiger partial charge >= 0.3 is 8.38 Å². The van der Waals surface area contributed by atoms with Gasteiger partial charge in [0.05, 0.1) is 16.5 Å². The molecule has 5 aromatic rings. The van der Waals surface area contributed by atoms with Crippen LogP contribution in [0, 0.1) is 0 Å². The summed E-state index contributed by atoms with van der Waals surface area (Å²) in [6, 6.07) is 38.7. The molecule has 0 aliphatic heterocycles. The summed E-state index contributed by atoms with van der Waals surface area (Å²) < 4.78 is 12.7.